The number of amides is 1. The minimum absolute atomic E-state index is 0.167. The molecule has 1 saturated heterocycles. The van der Waals surface area contributed by atoms with Gasteiger partial charge in [-0.1, -0.05) is 27.7 Å². The molecule has 2 heteroatoms. The molecule has 0 unspecified atom stereocenters. The molecule has 0 spiro atoms. The van der Waals surface area contributed by atoms with Crippen LogP contribution >= 0.6 is 0 Å². The molecule has 1 heterocycles. The van der Waals surface area contributed by atoms with Crippen LogP contribution in [0.2, 0.25) is 0 Å². The summed E-state index contributed by atoms with van der Waals surface area (Å²) in [6.07, 6.45) is 0. The Bertz CT molecular complexity index is 46.5. The van der Waals surface area contributed by atoms with Gasteiger partial charge in [0, 0.05) is 0 Å². The molecule has 1 amide bonds. The first-order chi connectivity index (χ1) is 3.89. The van der Waals surface area contributed by atoms with Crippen LogP contribution in [0.25, 0.3) is 0 Å². The topological polar surface area (TPSA) is 39.0 Å². The fourth-order valence-electron chi connectivity index (χ4n) is 0.0361. The number of nitrogens with one attached hydrogen (secondary N) is 1. The van der Waals surface area contributed by atoms with E-state index in [9.17, 15) is 4.79 Å². The Morgan fingerprint density at radius 3 is 1.38 bits per heavy atom. The van der Waals surface area contributed by atoms with E-state index in [4.69, 9.17) is 0 Å². The first kappa shape index (κ1) is 10.5. The van der Waals surface area contributed by atoms with Crippen molar-refractivity contribution >= 4 is 5.91 Å². The summed E-state index contributed by atoms with van der Waals surface area (Å²) in [4.78, 5) is 9.44. The third-order valence-electron chi connectivity index (χ3n) is 0.321. The van der Waals surface area contributed by atoms with E-state index in [1.807, 2.05) is 27.7 Å². The number of carbonyl (C=O) groups is 1. The number of rotatable bonds is 0. The van der Waals surface area contributed by atoms with Gasteiger partial charge >= 0.3 is 0 Å². The van der Waals surface area contributed by atoms with E-state index in [-0.39, 0.29) is 5.91 Å². The minimum Gasteiger partial charge on any atom is -0.346 e. The van der Waals surface area contributed by atoms with Crippen LogP contribution in [-0.2, 0) is 4.79 Å². The Labute approximate surface area is 51.3 Å². The Morgan fingerprint density at radius 1 is 1.25 bits per heavy atom. The van der Waals surface area contributed by atoms with Crippen molar-refractivity contribution in [1.82, 2.24) is 5.32 Å². The van der Waals surface area contributed by atoms with Crippen molar-refractivity contribution in [3.05, 3.63) is 0 Å². The van der Waals surface area contributed by atoms with Gasteiger partial charge in [0.2, 0.25) is 5.91 Å². The lowest BCUT2D eigenvalue weighted by Crippen LogP contribution is -1.66. The van der Waals surface area contributed by atoms with Crippen LogP contribution in [0.3, 0.4) is 0 Å². The standard InChI is InChI=1S/C2H3NO.2C2H6/c4-2-1-3-2;2*1-2/h1H2,(H,3,4);2*1-2H3. The second kappa shape index (κ2) is 9.69. The SMILES string of the molecule is CC.CC.O=C1CN1. The highest BCUT2D eigenvalue weighted by molar-refractivity contribution is 5.91. The van der Waals surface area contributed by atoms with Gasteiger partial charge in [0.1, 0.15) is 0 Å². The summed E-state index contributed by atoms with van der Waals surface area (Å²) in [6.45, 7) is 8.60. The molecule has 50 valence electrons. The molecule has 1 fully saturated rings. The van der Waals surface area contributed by atoms with Gasteiger partial charge in [-0.15, -0.1) is 0 Å². The summed E-state index contributed by atoms with van der Waals surface area (Å²) in [5.41, 5.74) is 0. The fraction of sp³-hybridized carbons (Fsp3) is 0.833. The zero-order valence-electron chi connectivity index (χ0n) is 6.12. The zero-order chi connectivity index (χ0) is 6.99. The Kier molecular flexibility index (Phi) is 12.7. The highest BCUT2D eigenvalue weighted by Crippen LogP contribution is 1.72. The molecule has 0 bridgehead atoms. The van der Waals surface area contributed by atoms with Crippen LogP contribution in [-0.4, -0.2) is 12.5 Å². The van der Waals surface area contributed by atoms with Gasteiger partial charge in [-0.3, -0.25) is 4.79 Å². The molecule has 0 atom stereocenters. The number of hydrogen-bond donors (Lipinski definition) is 1. The Balaban J connectivity index is 0. The van der Waals surface area contributed by atoms with Crippen molar-refractivity contribution in [3.63, 3.8) is 0 Å². The summed E-state index contributed by atoms with van der Waals surface area (Å²) in [5, 5.41) is 2.46. The fourth-order valence-corrected chi connectivity index (χ4v) is 0.0361. The van der Waals surface area contributed by atoms with Crippen LogP contribution in [0.1, 0.15) is 27.7 Å². The average molecular weight is 117 g/mol. The lowest BCUT2D eigenvalue weighted by Gasteiger charge is -1.30. The Morgan fingerprint density at radius 2 is 1.38 bits per heavy atom. The van der Waals surface area contributed by atoms with Gasteiger partial charge in [-0.2, -0.15) is 0 Å². The van der Waals surface area contributed by atoms with Crippen molar-refractivity contribution in [3.8, 4) is 0 Å². The normalized spacial score (nSPS) is 11.2. The molecule has 0 saturated carbocycles. The van der Waals surface area contributed by atoms with Gasteiger partial charge < -0.3 is 5.32 Å². The maximum Gasteiger partial charge on any atom is 0.239 e. The van der Waals surface area contributed by atoms with E-state index >= 15 is 0 Å². The summed E-state index contributed by atoms with van der Waals surface area (Å²) < 4.78 is 0. The lowest BCUT2D eigenvalue weighted by atomic mass is 11.0. The van der Waals surface area contributed by atoms with E-state index in [0.29, 0.717) is 6.54 Å². The van der Waals surface area contributed by atoms with Crippen LogP contribution in [0.4, 0.5) is 0 Å². The molecule has 1 aliphatic heterocycles. The highest BCUT2D eigenvalue weighted by atomic mass is 16.2. The molecule has 0 aromatic heterocycles. The maximum absolute atomic E-state index is 9.44. The molecule has 1 N–H and O–H groups in total. The first-order valence-electron chi connectivity index (χ1n) is 3.16. The molecule has 0 aromatic carbocycles. The molecular formula is C6H15NO. The van der Waals surface area contributed by atoms with E-state index in [1.165, 1.54) is 0 Å². The summed E-state index contributed by atoms with van der Waals surface area (Å²) >= 11 is 0. The number of carbonyl (C=O) groups excluding carboxylic acids is 1. The number of hydrogen-bond acceptors (Lipinski definition) is 1. The second-order valence-corrected chi connectivity index (χ2v) is 0.777. The molecule has 0 radical (unpaired) electrons. The monoisotopic (exact) mass is 117 g/mol. The minimum atomic E-state index is 0.167. The molecule has 0 aromatic rings. The molecule has 1 aliphatic rings. The van der Waals surface area contributed by atoms with Crippen molar-refractivity contribution in [2.24, 2.45) is 0 Å². The van der Waals surface area contributed by atoms with Crippen LogP contribution < -0.4 is 5.32 Å². The predicted octanol–water partition coefficient (Wildman–Crippen LogP) is 1.17. The van der Waals surface area contributed by atoms with Crippen LogP contribution in [0, 0.1) is 0 Å². The van der Waals surface area contributed by atoms with Crippen molar-refractivity contribution < 1.29 is 4.79 Å². The lowest BCUT2D eigenvalue weighted by molar-refractivity contribution is -0.110. The van der Waals surface area contributed by atoms with E-state index < -0.39 is 0 Å². The third-order valence-corrected chi connectivity index (χ3v) is 0.321. The summed E-state index contributed by atoms with van der Waals surface area (Å²) in [6, 6.07) is 0. The smallest absolute Gasteiger partial charge is 0.239 e. The van der Waals surface area contributed by atoms with Crippen LogP contribution in [0.15, 0.2) is 0 Å². The molecular weight excluding hydrogens is 102 g/mol. The van der Waals surface area contributed by atoms with E-state index in [2.05, 4.69) is 5.32 Å². The molecule has 8 heavy (non-hydrogen) atoms. The van der Waals surface area contributed by atoms with E-state index in [1.54, 1.807) is 0 Å². The van der Waals surface area contributed by atoms with Crippen molar-refractivity contribution in [2.45, 2.75) is 27.7 Å². The zero-order valence-corrected chi connectivity index (χ0v) is 6.12. The van der Waals surface area contributed by atoms with Gasteiger partial charge in [0.25, 0.3) is 0 Å². The van der Waals surface area contributed by atoms with Crippen molar-refractivity contribution in [2.75, 3.05) is 6.54 Å². The van der Waals surface area contributed by atoms with Gasteiger partial charge in [-0.05, 0) is 0 Å². The molecule has 0 aliphatic carbocycles. The molecule has 1 rings (SSSR count). The van der Waals surface area contributed by atoms with Gasteiger partial charge in [0.15, 0.2) is 0 Å². The maximum atomic E-state index is 9.44. The first-order valence-corrected chi connectivity index (χ1v) is 3.16. The highest BCUT2D eigenvalue weighted by Gasteiger charge is 2.10. The predicted molar refractivity (Wildman–Crippen MR) is 35.7 cm³/mol. The van der Waals surface area contributed by atoms with Crippen LogP contribution in [0.5, 0.6) is 0 Å². The average Bonchev–Trinajstić information content (AvgIpc) is 2.62. The van der Waals surface area contributed by atoms with Gasteiger partial charge in [-0.25, -0.2) is 0 Å². The van der Waals surface area contributed by atoms with E-state index in [0.717, 1.165) is 0 Å². The second-order valence-electron chi connectivity index (χ2n) is 0.777. The quantitative estimate of drug-likeness (QED) is 0.475. The van der Waals surface area contributed by atoms with Gasteiger partial charge in [0.05, 0.1) is 6.54 Å². The largest absolute Gasteiger partial charge is 0.346 e. The Hall–Kier alpha value is -0.530. The molecule has 2 nitrogen and oxygen atoms in total. The summed E-state index contributed by atoms with van der Waals surface area (Å²) in [7, 11) is 0. The summed E-state index contributed by atoms with van der Waals surface area (Å²) in [5.74, 6) is 0.167. The third kappa shape index (κ3) is 17.9. The van der Waals surface area contributed by atoms with Crippen molar-refractivity contribution in [1.29, 1.82) is 0 Å².